The monoisotopic (exact) mass is 323 g/mol. The summed E-state index contributed by atoms with van der Waals surface area (Å²) < 4.78 is 13.5. The number of hydrogen-bond donors (Lipinski definition) is 1. The Labute approximate surface area is 119 Å². The van der Waals surface area contributed by atoms with E-state index in [1.165, 1.54) is 31.4 Å². The molecule has 0 saturated heterocycles. The molecule has 3 aliphatic carbocycles. The maximum Gasteiger partial charge on any atom is 0.252 e. The van der Waals surface area contributed by atoms with Crippen molar-refractivity contribution >= 4 is 21.8 Å². The second-order valence-corrected chi connectivity index (χ2v) is 6.97. The highest BCUT2D eigenvalue weighted by Crippen LogP contribution is 2.65. The molecule has 2 nitrogen and oxygen atoms in total. The van der Waals surface area contributed by atoms with Gasteiger partial charge in [0.05, 0.1) is 5.56 Å². The van der Waals surface area contributed by atoms with E-state index in [9.17, 15) is 9.18 Å². The molecule has 3 fully saturated rings. The van der Waals surface area contributed by atoms with Gasteiger partial charge in [0.25, 0.3) is 5.91 Å². The van der Waals surface area contributed by atoms with E-state index in [0.717, 1.165) is 23.7 Å². The van der Waals surface area contributed by atoms with Crippen molar-refractivity contribution in [2.75, 3.05) is 0 Å². The molecule has 1 aromatic carbocycles. The molecule has 4 heteroatoms. The lowest BCUT2D eigenvalue weighted by atomic mass is 10.0. The van der Waals surface area contributed by atoms with Crippen molar-refractivity contribution in [3.05, 3.63) is 34.1 Å². The van der Waals surface area contributed by atoms with Crippen molar-refractivity contribution in [1.82, 2.24) is 5.32 Å². The molecule has 0 heterocycles. The SMILES string of the molecule is O=C(NC1C2C3CCC(C3)C12)c1ccc(F)cc1Br. The lowest BCUT2D eigenvalue weighted by molar-refractivity contribution is 0.0943. The molecule has 3 aliphatic rings. The van der Waals surface area contributed by atoms with Crippen LogP contribution in [0.3, 0.4) is 0 Å². The van der Waals surface area contributed by atoms with Gasteiger partial charge in [-0.25, -0.2) is 4.39 Å². The molecule has 19 heavy (non-hydrogen) atoms. The van der Waals surface area contributed by atoms with Crippen LogP contribution in [-0.2, 0) is 0 Å². The minimum Gasteiger partial charge on any atom is -0.349 e. The van der Waals surface area contributed by atoms with Gasteiger partial charge in [0.2, 0.25) is 0 Å². The molecule has 3 saturated carbocycles. The van der Waals surface area contributed by atoms with E-state index in [0.29, 0.717) is 16.1 Å². The summed E-state index contributed by atoms with van der Waals surface area (Å²) in [5, 5.41) is 3.14. The molecule has 4 rings (SSSR count). The normalized spacial score (nSPS) is 38.1. The molecule has 1 amide bonds. The molecule has 0 aliphatic heterocycles. The predicted molar refractivity (Wildman–Crippen MR) is 73.2 cm³/mol. The number of halogens is 2. The van der Waals surface area contributed by atoms with Crippen LogP contribution in [0, 0.1) is 29.5 Å². The van der Waals surface area contributed by atoms with Gasteiger partial charge >= 0.3 is 0 Å². The number of benzene rings is 1. The molecule has 0 spiro atoms. The lowest BCUT2D eigenvalue weighted by Crippen LogP contribution is -2.30. The summed E-state index contributed by atoms with van der Waals surface area (Å²) in [5.74, 6) is 2.73. The molecule has 0 aromatic heterocycles. The largest absolute Gasteiger partial charge is 0.349 e. The molecule has 1 aromatic rings. The summed E-state index contributed by atoms with van der Waals surface area (Å²) in [6.45, 7) is 0. The van der Waals surface area contributed by atoms with E-state index in [-0.39, 0.29) is 11.7 Å². The third-order valence-electron chi connectivity index (χ3n) is 5.21. The summed E-state index contributed by atoms with van der Waals surface area (Å²) in [6.07, 6.45) is 4.07. The van der Waals surface area contributed by atoms with Crippen molar-refractivity contribution in [2.24, 2.45) is 23.7 Å². The van der Waals surface area contributed by atoms with Gasteiger partial charge in [0, 0.05) is 10.5 Å². The topological polar surface area (TPSA) is 29.1 Å². The Morgan fingerprint density at radius 2 is 1.95 bits per heavy atom. The van der Waals surface area contributed by atoms with E-state index >= 15 is 0 Å². The van der Waals surface area contributed by atoms with Crippen LogP contribution in [0.4, 0.5) is 4.39 Å². The molecule has 4 unspecified atom stereocenters. The zero-order valence-electron chi connectivity index (χ0n) is 10.4. The Kier molecular flexibility index (Phi) is 2.53. The fourth-order valence-corrected chi connectivity index (χ4v) is 4.95. The van der Waals surface area contributed by atoms with Crippen LogP contribution in [0.2, 0.25) is 0 Å². The summed E-state index contributed by atoms with van der Waals surface area (Å²) in [5.41, 5.74) is 0.527. The Morgan fingerprint density at radius 1 is 1.26 bits per heavy atom. The molecule has 4 atom stereocenters. The molecule has 0 radical (unpaired) electrons. The quantitative estimate of drug-likeness (QED) is 0.888. The highest BCUT2D eigenvalue weighted by atomic mass is 79.9. The Morgan fingerprint density at radius 3 is 2.58 bits per heavy atom. The number of carbonyl (C=O) groups is 1. The van der Waals surface area contributed by atoms with Gasteiger partial charge in [-0.15, -0.1) is 0 Å². The number of carbonyl (C=O) groups excluding carboxylic acids is 1. The van der Waals surface area contributed by atoms with Crippen molar-refractivity contribution < 1.29 is 9.18 Å². The van der Waals surface area contributed by atoms with Gasteiger partial charge in [-0.3, -0.25) is 4.79 Å². The Balaban J connectivity index is 1.48. The summed E-state index contributed by atoms with van der Waals surface area (Å²) in [4.78, 5) is 12.2. The van der Waals surface area contributed by atoms with Crippen molar-refractivity contribution in [3.8, 4) is 0 Å². The molecule has 1 N–H and O–H groups in total. The Bertz CT molecular complexity index is 545. The molecule has 100 valence electrons. The average molecular weight is 324 g/mol. The first-order valence-electron chi connectivity index (χ1n) is 6.91. The number of hydrogen-bond acceptors (Lipinski definition) is 1. The standard InChI is InChI=1S/C15H15BrFNO/c16-11-6-9(17)3-4-10(11)15(19)18-14-12-7-1-2-8(5-7)13(12)14/h3-4,6-8,12-14H,1-2,5H2,(H,18,19). The number of fused-ring (bicyclic) bond motifs is 5. The fraction of sp³-hybridized carbons (Fsp3) is 0.533. The minimum atomic E-state index is -0.329. The summed E-state index contributed by atoms with van der Waals surface area (Å²) in [7, 11) is 0. The van der Waals surface area contributed by atoms with Crippen LogP contribution in [-0.4, -0.2) is 11.9 Å². The maximum atomic E-state index is 13.0. The van der Waals surface area contributed by atoms with Gasteiger partial charge in [-0.1, -0.05) is 0 Å². The first-order valence-corrected chi connectivity index (χ1v) is 7.70. The third kappa shape index (κ3) is 1.76. The lowest BCUT2D eigenvalue weighted by Gasteiger charge is -2.11. The second kappa shape index (κ2) is 4.05. The van der Waals surface area contributed by atoms with Crippen LogP contribution in [0.25, 0.3) is 0 Å². The zero-order chi connectivity index (χ0) is 13.1. The molecular weight excluding hydrogens is 309 g/mol. The van der Waals surface area contributed by atoms with Crippen LogP contribution in [0.1, 0.15) is 29.6 Å². The summed E-state index contributed by atoms with van der Waals surface area (Å²) >= 11 is 3.25. The smallest absolute Gasteiger partial charge is 0.252 e. The van der Waals surface area contributed by atoms with Gasteiger partial charge in [0.15, 0.2) is 0 Å². The van der Waals surface area contributed by atoms with Crippen LogP contribution >= 0.6 is 15.9 Å². The maximum absolute atomic E-state index is 13.0. The van der Waals surface area contributed by atoms with E-state index in [4.69, 9.17) is 0 Å². The number of amides is 1. The van der Waals surface area contributed by atoms with Crippen LogP contribution in [0.15, 0.2) is 22.7 Å². The van der Waals surface area contributed by atoms with Gasteiger partial charge in [-0.2, -0.15) is 0 Å². The van der Waals surface area contributed by atoms with Crippen LogP contribution < -0.4 is 5.32 Å². The minimum absolute atomic E-state index is 0.0781. The van der Waals surface area contributed by atoms with Gasteiger partial charge in [0.1, 0.15) is 5.82 Å². The Hall–Kier alpha value is -0.900. The average Bonchev–Trinajstić information content (AvgIpc) is 2.78. The predicted octanol–water partition coefficient (Wildman–Crippen LogP) is 3.36. The van der Waals surface area contributed by atoms with E-state index in [2.05, 4.69) is 21.2 Å². The van der Waals surface area contributed by atoms with E-state index in [1.54, 1.807) is 6.07 Å². The number of nitrogens with one attached hydrogen (secondary N) is 1. The van der Waals surface area contributed by atoms with Crippen molar-refractivity contribution in [2.45, 2.75) is 25.3 Å². The highest BCUT2D eigenvalue weighted by molar-refractivity contribution is 9.10. The second-order valence-electron chi connectivity index (χ2n) is 6.11. The van der Waals surface area contributed by atoms with Crippen LogP contribution in [0.5, 0.6) is 0 Å². The summed E-state index contributed by atoms with van der Waals surface area (Å²) in [6, 6.07) is 4.58. The van der Waals surface area contributed by atoms with Crippen molar-refractivity contribution in [3.63, 3.8) is 0 Å². The third-order valence-corrected chi connectivity index (χ3v) is 5.86. The molecule has 2 bridgehead atoms. The first-order chi connectivity index (χ1) is 9.15. The highest BCUT2D eigenvalue weighted by Gasteiger charge is 2.65. The van der Waals surface area contributed by atoms with Gasteiger partial charge in [-0.05, 0) is 77.1 Å². The fourth-order valence-electron chi connectivity index (χ4n) is 4.42. The van der Waals surface area contributed by atoms with E-state index in [1.807, 2.05) is 0 Å². The number of rotatable bonds is 2. The van der Waals surface area contributed by atoms with Crippen molar-refractivity contribution in [1.29, 1.82) is 0 Å². The first kappa shape index (κ1) is 11.9. The molecular formula is C15H15BrFNO. The van der Waals surface area contributed by atoms with Gasteiger partial charge < -0.3 is 5.32 Å². The zero-order valence-corrected chi connectivity index (χ0v) is 12.0. The van der Waals surface area contributed by atoms with E-state index < -0.39 is 0 Å².